The lowest BCUT2D eigenvalue weighted by Crippen LogP contribution is -2.15. The Labute approximate surface area is 153 Å². The van der Waals surface area contributed by atoms with Gasteiger partial charge in [0.1, 0.15) is 5.82 Å². The van der Waals surface area contributed by atoms with E-state index in [1.165, 1.54) is 0 Å². The molecule has 2 aromatic carbocycles. The van der Waals surface area contributed by atoms with Crippen LogP contribution in [0.2, 0.25) is 0 Å². The SMILES string of the molecule is CCCS(=O)(=O)Nc1ccc(Nc2ccnc(-c3ccccc3)n2)cc1. The van der Waals surface area contributed by atoms with Crippen molar-refractivity contribution in [3.63, 3.8) is 0 Å². The van der Waals surface area contributed by atoms with Crippen molar-refractivity contribution in [1.82, 2.24) is 9.97 Å². The maximum atomic E-state index is 11.8. The quantitative estimate of drug-likeness (QED) is 0.657. The minimum atomic E-state index is -3.28. The number of nitrogens with one attached hydrogen (secondary N) is 2. The van der Waals surface area contributed by atoms with E-state index in [1.807, 2.05) is 37.3 Å². The van der Waals surface area contributed by atoms with E-state index in [2.05, 4.69) is 20.0 Å². The summed E-state index contributed by atoms with van der Waals surface area (Å²) in [7, 11) is -3.28. The van der Waals surface area contributed by atoms with Gasteiger partial charge in [0.05, 0.1) is 5.75 Å². The Kier molecular flexibility index (Phi) is 5.48. The van der Waals surface area contributed by atoms with E-state index < -0.39 is 10.0 Å². The van der Waals surface area contributed by atoms with Gasteiger partial charge in [-0.25, -0.2) is 18.4 Å². The number of anilines is 3. The third-order valence-electron chi connectivity index (χ3n) is 3.59. The zero-order valence-electron chi connectivity index (χ0n) is 14.4. The first-order chi connectivity index (χ1) is 12.6. The molecule has 0 bridgehead atoms. The fraction of sp³-hybridized carbons (Fsp3) is 0.158. The van der Waals surface area contributed by atoms with Crippen molar-refractivity contribution in [2.24, 2.45) is 0 Å². The van der Waals surface area contributed by atoms with E-state index in [9.17, 15) is 8.42 Å². The van der Waals surface area contributed by atoms with Crippen LogP contribution in [0.3, 0.4) is 0 Å². The molecular weight excluding hydrogens is 348 g/mol. The largest absolute Gasteiger partial charge is 0.340 e. The fourth-order valence-corrected chi connectivity index (χ4v) is 3.56. The highest BCUT2D eigenvalue weighted by Crippen LogP contribution is 2.20. The molecule has 0 saturated carbocycles. The topological polar surface area (TPSA) is 84.0 Å². The summed E-state index contributed by atoms with van der Waals surface area (Å²) in [6.07, 6.45) is 2.28. The Hall–Kier alpha value is -2.93. The molecule has 134 valence electrons. The second-order valence-electron chi connectivity index (χ2n) is 5.75. The number of hydrogen-bond acceptors (Lipinski definition) is 5. The number of hydrogen-bond donors (Lipinski definition) is 2. The zero-order valence-corrected chi connectivity index (χ0v) is 15.2. The molecule has 3 aromatic rings. The lowest BCUT2D eigenvalue weighted by atomic mass is 10.2. The van der Waals surface area contributed by atoms with Crippen molar-refractivity contribution in [3.8, 4) is 11.4 Å². The Morgan fingerprint density at radius 2 is 1.62 bits per heavy atom. The summed E-state index contributed by atoms with van der Waals surface area (Å²) in [5.74, 6) is 1.41. The van der Waals surface area contributed by atoms with E-state index in [-0.39, 0.29) is 5.75 Å². The zero-order chi connectivity index (χ0) is 18.4. The van der Waals surface area contributed by atoms with Crippen LogP contribution in [0.5, 0.6) is 0 Å². The number of nitrogens with zero attached hydrogens (tertiary/aromatic N) is 2. The minimum Gasteiger partial charge on any atom is -0.340 e. The first kappa shape index (κ1) is 17.9. The maximum absolute atomic E-state index is 11.8. The highest BCUT2D eigenvalue weighted by atomic mass is 32.2. The minimum absolute atomic E-state index is 0.107. The van der Waals surface area contributed by atoms with Crippen molar-refractivity contribution in [2.75, 3.05) is 15.8 Å². The molecule has 6 nitrogen and oxygen atoms in total. The van der Waals surface area contributed by atoms with E-state index in [0.717, 1.165) is 11.3 Å². The highest BCUT2D eigenvalue weighted by Gasteiger charge is 2.08. The average molecular weight is 368 g/mol. The van der Waals surface area contributed by atoms with Crippen LogP contribution in [-0.4, -0.2) is 24.1 Å². The van der Waals surface area contributed by atoms with Crippen LogP contribution in [0.1, 0.15) is 13.3 Å². The van der Waals surface area contributed by atoms with Crippen molar-refractivity contribution in [3.05, 3.63) is 66.9 Å². The van der Waals surface area contributed by atoms with Crippen LogP contribution in [0.25, 0.3) is 11.4 Å². The Morgan fingerprint density at radius 3 is 2.31 bits per heavy atom. The lowest BCUT2D eigenvalue weighted by molar-refractivity contribution is 0.600. The highest BCUT2D eigenvalue weighted by molar-refractivity contribution is 7.92. The van der Waals surface area contributed by atoms with Gasteiger partial charge in [-0.05, 0) is 36.8 Å². The molecule has 3 rings (SSSR count). The first-order valence-electron chi connectivity index (χ1n) is 8.32. The molecule has 0 unspecified atom stereocenters. The maximum Gasteiger partial charge on any atom is 0.232 e. The smallest absolute Gasteiger partial charge is 0.232 e. The Morgan fingerprint density at radius 1 is 0.923 bits per heavy atom. The van der Waals surface area contributed by atoms with Gasteiger partial charge >= 0.3 is 0 Å². The second kappa shape index (κ2) is 7.97. The van der Waals surface area contributed by atoms with Crippen molar-refractivity contribution in [2.45, 2.75) is 13.3 Å². The molecular formula is C19H20N4O2S. The van der Waals surface area contributed by atoms with Crippen LogP contribution in [0, 0.1) is 0 Å². The van der Waals surface area contributed by atoms with Crippen LogP contribution in [-0.2, 0) is 10.0 Å². The van der Waals surface area contributed by atoms with Gasteiger partial charge < -0.3 is 5.32 Å². The normalized spacial score (nSPS) is 11.1. The summed E-state index contributed by atoms with van der Waals surface area (Å²) in [4.78, 5) is 8.81. The van der Waals surface area contributed by atoms with Crippen molar-refractivity contribution in [1.29, 1.82) is 0 Å². The third kappa shape index (κ3) is 4.80. The van der Waals surface area contributed by atoms with E-state index in [0.29, 0.717) is 23.8 Å². The molecule has 1 aromatic heterocycles. The first-order valence-corrected chi connectivity index (χ1v) is 9.97. The van der Waals surface area contributed by atoms with Gasteiger partial charge in [0.15, 0.2) is 5.82 Å². The number of benzene rings is 2. The van der Waals surface area contributed by atoms with Gasteiger partial charge in [-0.2, -0.15) is 0 Å². The molecule has 1 heterocycles. The summed E-state index contributed by atoms with van der Waals surface area (Å²) in [5.41, 5.74) is 2.29. The predicted octanol–water partition coefficient (Wildman–Crippen LogP) is 4.04. The molecule has 0 spiro atoms. The van der Waals surface area contributed by atoms with Crippen LogP contribution in [0.4, 0.5) is 17.2 Å². The van der Waals surface area contributed by atoms with Gasteiger partial charge in [0.2, 0.25) is 10.0 Å². The van der Waals surface area contributed by atoms with Gasteiger partial charge in [-0.15, -0.1) is 0 Å². The predicted molar refractivity (Wildman–Crippen MR) is 105 cm³/mol. The molecule has 0 atom stereocenters. The van der Waals surface area contributed by atoms with Gasteiger partial charge in [-0.3, -0.25) is 4.72 Å². The molecule has 0 amide bonds. The molecule has 0 radical (unpaired) electrons. The van der Waals surface area contributed by atoms with Crippen LogP contribution in [0.15, 0.2) is 66.9 Å². The monoisotopic (exact) mass is 368 g/mol. The van der Waals surface area contributed by atoms with Crippen LogP contribution < -0.4 is 10.0 Å². The fourth-order valence-electron chi connectivity index (χ4n) is 2.42. The summed E-state index contributed by atoms with van der Waals surface area (Å²) in [6.45, 7) is 1.83. The van der Waals surface area contributed by atoms with E-state index >= 15 is 0 Å². The number of rotatable bonds is 7. The standard InChI is InChI=1S/C19H20N4O2S/c1-2-14-26(24,25)23-17-10-8-16(9-11-17)21-18-12-13-20-19(22-18)15-6-4-3-5-7-15/h3-13,23H,2,14H2,1H3,(H,20,21,22). The van der Waals surface area contributed by atoms with Gasteiger partial charge in [-0.1, -0.05) is 37.3 Å². The average Bonchev–Trinajstić information content (AvgIpc) is 2.64. The molecule has 0 saturated heterocycles. The summed E-state index contributed by atoms with van der Waals surface area (Å²) in [5, 5.41) is 3.20. The Balaban J connectivity index is 1.72. The molecule has 0 aliphatic heterocycles. The summed E-state index contributed by atoms with van der Waals surface area (Å²) in [6, 6.07) is 18.6. The Bertz CT molecular complexity index is 958. The lowest BCUT2D eigenvalue weighted by Gasteiger charge is -2.10. The second-order valence-corrected chi connectivity index (χ2v) is 7.60. The molecule has 2 N–H and O–H groups in total. The third-order valence-corrected chi connectivity index (χ3v) is 5.08. The molecule has 26 heavy (non-hydrogen) atoms. The van der Waals surface area contributed by atoms with Crippen LogP contribution >= 0.6 is 0 Å². The van der Waals surface area contributed by atoms with E-state index in [1.54, 1.807) is 36.5 Å². The molecule has 0 aliphatic rings. The van der Waals surface area contributed by atoms with E-state index in [4.69, 9.17) is 0 Å². The summed E-state index contributed by atoms with van der Waals surface area (Å²) < 4.78 is 26.2. The molecule has 7 heteroatoms. The van der Waals surface area contributed by atoms with Crippen molar-refractivity contribution >= 4 is 27.2 Å². The summed E-state index contributed by atoms with van der Waals surface area (Å²) >= 11 is 0. The molecule has 0 fully saturated rings. The number of sulfonamides is 1. The van der Waals surface area contributed by atoms with Gasteiger partial charge in [0.25, 0.3) is 0 Å². The van der Waals surface area contributed by atoms with Crippen molar-refractivity contribution < 1.29 is 8.42 Å². The number of aromatic nitrogens is 2. The van der Waals surface area contributed by atoms with Gasteiger partial charge in [0, 0.05) is 23.1 Å². The molecule has 0 aliphatic carbocycles.